The van der Waals surface area contributed by atoms with E-state index in [0.29, 0.717) is 13.2 Å². The van der Waals surface area contributed by atoms with Crippen LogP contribution in [0.1, 0.15) is 52.7 Å². The predicted octanol–water partition coefficient (Wildman–Crippen LogP) is 8.70. The van der Waals surface area contributed by atoms with Gasteiger partial charge in [0.15, 0.2) is 16.6 Å². The summed E-state index contributed by atoms with van der Waals surface area (Å²) in [6.07, 6.45) is 3.92. The van der Waals surface area contributed by atoms with Gasteiger partial charge in [0.25, 0.3) is 0 Å². The van der Waals surface area contributed by atoms with Crippen molar-refractivity contribution >= 4 is 22.7 Å². The van der Waals surface area contributed by atoms with Crippen molar-refractivity contribution in [3.63, 3.8) is 0 Å². The van der Waals surface area contributed by atoms with E-state index in [0.717, 1.165) is 11.1 Å². The fourth-order valence-electron chi connectivity index (χ4n) is 3.05. The van der Waals surface area contributed by atoms with Crippen LogP contribution in [-0.4, -0.2) is 35.4 Å². The molecule has 2 aromatic rings. The average Bonchev–Trinajstić information content (AvgIpc) is 2.76. The van der Waals surface area contributed by atoms with E-state index in [2.05, 4.69) is 128 Å². The third-order valence-electron chi connectivity index (χ3n) is 7.60. The first kappa shape index (κ1) is 29.7. The molecule has 194 valence electrons. The SMILES string of the molecule is CC(C)(C)[Si](C)(C)OCC(OCc1ccccc1)C(/C=C/c1ccccc1)O[Si](C)(C)C(C)(C)C. The van der Waals surface area contributed by atoms with E-state index in [1.54, 1.807) is 0 Å². The predicted molar refractivity (Wildman–Crippen MR) is 156 cm³/mol. The Morgan fingerprint density at radius 1 is 0.743 bits per heavy atom. The number of ether oxygens (including phenoxy) is 1. The van der Waals surface area contributed by atoms with Crippen molar-refractivity contribution in [1.29, 1.82) is 0 Å². The molecule has 0 heterocycles. The summed E-state index contributed by atoms with van der Waals surface area (Å²) in [7, 11) is -4.02. The molecule has 0 aliphatic carbocycles. The summed E-state index contributed by atoms with van der Waals surface area (Å²) >= 11 is 0. The van der Waals surface area contributed by atoms with Gasteiger partial charge in [-0.3, -0.25) is 0 Å². The molecule has 0 radical (unpaired) electrons. The van der Waals surface area contributed by atoms with Gasteiger partial charge in [0.05, 0.1) is 19.3 Å². The summed E-state index contributed by atoms with van der Waals surface area (Å²) in [6, 6.07) is 20.8. The van der Waals surface area contributed by atoms with Gasteiger partial charge >= 0.3 is 0 Å². The number of hydrogen-bond acceptors (Lipinski definition) is 3. The lowest BCUT2D eigenvalue weighted by Gasteiger charge is -2.42. The summed E-state index contributed by atoms with van der Waals surface area (Å²) < 4.78 is 20.3. The molecule has 0 aromatic heterocycles. The number of benzene rings is 2. The van der Waals surface area contributed by atoms with E-state index in [1.165, 1.54) is 0 Å². The van der Waals surface area contributed by atoms with Crippen molar-refractivity contribution in [3.8, 4) is 0 Å². The Morgan fingerprint density at radius 3 is 1.77 bits per heavy atom. The van der Waals surface area contributed by atoms with Crippen molar-refractivity contribution in [1.82, 2.24) is 0 Å². The van der Waals surface area contributed by atoms with Crippen LogP contribution in [0.25, 0.3) is 6.08 Å². The molecule has 0 aliphatic heterocycles. The molecule has 0 N–H and O–H groups in total. The molecule has 2 atom stereocenters. The highest BCUT2D eigenvalue weighted by Gasteiger charge is 2.42. The van der Waals surface area contributed by atoms with Gasteiger partial charge in [0.1, 0.15) is 6.10 Å². The second-order valence-corrected chi connectivity index (χ2v) is 22.1. The van der Waals surface area contributed by atoms with E-state index in [1.807, 2.05) is 12.1 Å². The molecule has 0 saturated carbocycles. The van der Waals surface area contributed by atoms with Crippen molar-refractivity contribution in [2.75, 3.05) is 6.61 Å². The van der Waals surface area contributed by atoms with E-state index in [4.69, 9.17) is 13.6 Å². The highest BCUT2D eigenvalue weighted by atomic mass is 28.4. The normalized spacial score (nSPS) is 15.4. The highest BCUT2D eigenvalue weighted by molar-refractivity contribution is 6.74. The molecule has 3 nitrogen and oxygen atoms in total. The quantitative estimate of drug-likeness (QED) is 0.282. The van der Waals surface area contributed by atoms with Crippen LogP contribution in [0.3, 0.4) is 0 Å². The first-order valence-corrected chi connectivity index (χ1v) is 18.6. The minimum absolute atomic E-state index is 0.0934. The maximum absolute atomic E-state index is 6.99. The van der Waals surface area contributed by atoms with Gasteiger partial charge in [0.2, 0.25) is 0 Å². The van der Waals surface area contributed by atoms with Crippen LogP contribution in [0.2, 0.25) is 36.3 Å². The lowest BCUT2D eigenvalue weighted by Crippen LogP contribution is -2.50. The second-order valence-electron chi connectivity index (χ2n) is 12.5. The van der Waals surface area contributed by atoms with Gasteiger partial charge in [0, 0.05) is 0 Å². The molecule has 0 aliphatic rings. The smallest absolute Gasteiger partial charge is 0.193 e. The van der Waals surface area contributed by atoms with Crippen LogP contribution < -0.4 is 0 Å². The third-order valence-corrected chi connectivity index (χ3v) is 16.6. The molecule has 0 fully saturated rings. The second kappa shape index (κ2) is 12.2. The van der Waals surface area contributed by atoms with Gasteiger partial charge < -0.3 is 13.6 Å². The Kier molecular flexibility index (Phi) is 10.3. The molecule has 0 amide bonds. The van der Waals surface area contributed by atoms with Crippen molar-refractivity contribution < 1.29 is 13.6 Å². The lowest BCUT2D eigenvalue weighted by molar-refractivity contribution is -0.0466. The Morgan fingerprint density at radius 2 is 1.26 bits per heavy atom. The van der Waals surface area contributed by atoms with Crippen LogP contribution in [0.4, 0.5) is 0 Å². The Balaban J connectivity index is 2.38. The van der Waals surface area contributed by atoms with Crippen LogP contribution in [0.15, 0.2) is 66.7 Å². The fourth-order valence-corrected chi connectivity index (χ4v) is 5.33. The lowest BCUT2D eigenvalue weighted by atomic mass is 10.1. The topological polar surface area (TPSA) is 27.7 Å². The van der Waals surface area contributed by atoms with Gasteiger partial charge in [-0.15, -0.1) is 0 Å². The standard InChI is InChI=1S/C30H48O3Si2/c1-29(2,3)34(7,8)32-24-28(31-23-26-19-15-12-16-20-26)27(33-35(9,10)30(4,5)6)22-21-25-17-13-11-14-18-25/h11-22,27-28H,23-24H2,1-10H3/b22-21+. The zero-order valence-corrected chi connectivity index (χ0v) is 25.7. The third kappa shape index (κ3) is 9.14. The molecule has 35 heavy (non-hydrogen) atoms. The van der Waals surface area contributed by atoms with Crippen LogP contribution >= 0.6 is 0 Å². The first-order chi connectivity index (χ1) is 16.1. The molecule has 0 spiro atoms. The van der Waals surface area contributed by atoms with E-state index >= 15 is 0 Å². The molecule has 5 heteroatoms. The van der Waals surface area contributed by atoms with E-state index < -0.39 is 16.6 Å². The summed E-state index contributed by atoms with van der Waals surface area (Å²) in [5.74, 6) is 0. The maximum atomic E-state index is 6.99. The van der Waals surface area contributed by atoms with E-state index in [-0.39, 0.29) is 22.3 Å². The largest absolute Gasteiger partial charge is 0.414 e. The number of rotatable bonds is 11. The average molecular weight is 513 g/mol. The molecule has 0 bridgehead atoms. The molecule has 2 rings (SSSR count). The van der Waals surface area contributed by atoms with E-state index in [9.17, 15) is 0 Å². The Hall–Kier alpha value is -1.51. The Labute approximate surface area is 217 Å². The molecular formula is C30H48O3Si2. The minimum Gasteiger partial charge on any atom is -0.414 e. The van der Waals surface area contributed by atoms with Crippen molar-refractivity contribution in [3.05, 3.63) is 77.9 Å². The highest BCUT2D eigenvalue weighted by Crippen LogP contribution is 2.39. The van der Waals surface area contributed by atoms with Crippen LogP contribution in [0.5, 0.6) is 0 Å². The van der Waals surface area contributed by atoms with Gasteiger partial charge in [-0.25, -0.2) is 0 Å². The fraction of sp³-hybridized carbons (Fsp3) is 0.533. The Bertz CT molecular complexity index is 910. The number of hydrogen-bond donors (Lipinski definition) is 0. The molecule has 2 unspecified atom stereocenters. The molecule has 0 saturated heterocycles. The zero-order valence-electron chi connectivity index (χ0n) is 23.7. The summed E-state index contributed by atoms with van der Waals surface area (Å²) in [5.41, 5.74) is 2.31. The summed E-state index contributed by atoms with van der Waals surface area (Å²) in [6.45, 7) is 23.9. The first-order valence-electron chi connectivity index (χ1n) is 12.8. The maximum Gasteiger partial charge on any atom is 0.193 e. The summed E-state index contributed by atoms with van der Waals surface area (Å²) in [5, 5.41) is 0.225. The zero-order chi connectivity index (χ0) is 26.3. The van der Waals surface area contributed by atoms with Gasteiger partial charge in [-0.05, 0) is 47.4 Å². The monoisotopic (exact) mass is 512 g/mol. The van der Waals surface area contributed by atoms with Crippen molar-refractivity contribution in [2.45, 2.75) is 96.6 Å². The van der Waals surface area contributed by atoms with Gasteiger partial charge in [-0.2, -0.15) is 0 Å². The summed E-state index contributed by atoms with van der Waals surface area (Å²) in [4.78, 5) is 0. The van der Waals surface area contributed by atoms with Gasteiger partial charge in [-0.1, -0.05) is 114 Å². The van der Waals surface area contributed by atoms with Crippen LogP contribution in [0, 0.1) is 0 Å². The van der Waals surface area contributed by atoms with Crippen molar-refractivity contribution in [2.24, 2.45) is 0 Å². The molecule has 2 aromatic carbocycles. The molecular weight excluding hydrogens is 464 g/mol. The minimum atomic E-state index is -2.06. The van der Waals surface area contributed by atoms with Crippen LogP contribution in [-0.2, 0) is 20.2 Å².